The third kappa shape index (κ3) is 3.10. The average molecular weight is 296 g/mol. The van der Waals surface area contributed by atoms with Crippen LogP contribution in [-0.4, -0.2) is 46.3 Å². The average Bonchev–Trinajstić information content (AvgIpc) is 2.46. The monoisotopic (exact) mass is 296 g/mol. The summed E-state index contributed by atoms with van der Waals surface area (Å²) in [4.78, 5) is 25.3. The maximum absolute atomic E-state index is 12.4. The van der Waals surface area contributed by atoms with E-state index in [0.717, 1.165) is 4.90 Å². The van der Waals surface area contributed by atoms with Crippen LogP contribution in [0.1, 0.15) is 23.2 Å². The number of nitro benzene ring substituents is 1. The number of benzene rings is 1. The van der Waals surface area contributed by atoms with Crippen molar-refractivity contribution < 1.29 is 14.8 Å². The Morgan fingerprint density at radius 1 is 1.45 bits per heavy atom. The Morgan fingerprint density at radius 3 is 2.65 bits per heavy atom. The predicted molar refractivity (Wildman–Crippen MR) is 76.0 cm³/mol. The zero-order valence-corrected chi connectivity index (χ0v) is 11.9. The first-order valence-corrected chi connectivity index (χ1v) is 7.55. The first kappa shape index (κ1) is 14.8. The summed E-state index contributed by atoms with van der Waals surface area (Å²) in [7, 11) is 0. The number of rotatable bonds is 3. The van der Waals surface area contributed by atoms with Gasteiger partial charge in [0.1, 0.15) is 5.56 Å². The molecule has 6 nitrogen and oxygen atoms in total. The zero-order valence-electron chi connectivity index (χ0n) is 11.1. The van der Waals surface area contributed by atoms with Gasteiger partial charge in [-0.1, -0.05) is 0 Å². The van der Waals surface area contributed by atoms with Gasteiger partial charge in [-0.2, -0.15) is 0 Å². The van der Waals surface area contributed by atoms with Crippen LogP contribution >= 0.6 is 11.8 Å². The lowest BCUT2D eigenvalue weighted by atomic mass is 10.1. The van der Waals surface area contributed by atoms with Gasteiger partial charge in [-0.3, -0.25) is 14.9 Å². The Hall–Kier alpha value is -1.60. The molecule has 1 aromatic rings. The first-order valence-electron chi connectivity index (χ1n) is 6.32. The van der Waals surface area contributed by atoms with E-state index in [4.69, 9.17) is 0 Å². The van der Waals surface area contributed by atoms with Crippen molar-refractivity contribution in [1.29, 1.82) is 0 Å². The van der Waals surface area contributed by atoms with Crippen LogP contribution in [0, 0.1) is 10.1 Å². The number of piperidine rings is 1. The van der Waals surface area contributed by atoms with E-state index in [1.807, 2.05) is 6.26 Å². The van der Waals surface area contributed by atoms with Gasteiger partial charge in [-0.15, -0.1) is 11.8 Å². The lowest BCUT2D eigenvalue weighted by molar-refractivity contribution is -0.385. The highest BCUT2D eigenvalue weighted by Gasteiger charge is 2.27. The van der Waals surface area contributed by atoms with Gasteiger partial charge in [0, 0.05) is 24.1 Å². The molecule has 0 spiro atoms. The van der Waals surface area contributed by atoms with E-state index < -0.39 is 4.92 Å². The van der Waals surface area contributed by atoms with Crippen LogP contribution in [0.2, 0.25) is 0 Å². The van der Waals surface area contributed by atoms with Crippen LogP contribution in [0.15, 0.2) is 23.1 Å². The molecule has 1 heterocycles. The third-order valence-electron chi connectivity index (χ3n) is 3.38. The van der Waals surface area contributed by atoms with Gasteiger partial charge in [-0.25, -0.2) is 0 Å². The fraction of sp³-hybridized carbons (Fsp3) is 0.462. The molecule has 0 aliphatic carbocycles. The second-order valence-corrected chi connectivity index (χ2v) is 5.54. The van der Waals surface area contributed by atoms with Crippen molar-refractivity contribution in [2.45, 2.75) is 23.8 Å². The number of hydrogen-bond acceptors (Lipinski definition) is 5. The summed E-state index contributed by atoms with van der Waals surface area (Å²) in [5.74, 6) is -0.334. The minimum absolute atomic E-state index is 0.123. The Bertz CT molecular complexity index is 527. The van der Waals surface area contributed by atoms with Crippen LogP contribution in [0.5, 0.6) is 0 Å². The minimum Gasteiger partial charge on any atom is -0.393 e. The molecule has 1 aliphatic heterocycles. The van der Waals surface area contributed by atoms with E-state index >= 15 is 0 Å². The highest BCUT2D eigenvalue weighted by Crippen LogP contribution is 2.26. The molecule has 20 heavy (non-hydrogen) atoms. The summed E-state index contributed by atoms with van der Waals surface area (Å²) in [6.45, 7) is 0.862. The molecule has 1 aliphatic rings. The zero-order chi connectivity index (χ0) is 14.7. The Balaban J connectivity index is 2.30. The van der Waals surface area contributed by atoms with E-state index in [1.165, 1.54) is 17.8 Å². The fourth-order valence-corrected chi connectivity index (χ4v) is 2.65. The number of thioether (sulfide) groups is 1. The number of nitro groups is 1. The van der Waals surface area contributed by atoms with E-state index in [9.17, 15) is 20.0 Å². The molecule has 1 aromatic carbocycles. The van der Waals surface area contributed by atoms with Crippen molar-refractivity contribution in [3.63, 3.8) is 0 Å². The van der Waals surface area contributed by atoms with Crippen LogP contribution < -0.4 is 0 Å². The minimum atomic E-state index is -0.532. The van der Waals surface area contributed by atoms with Crippen molar-refractivity contribution in [2.24, 2.45) is 0 Å². The quantitative estimate of drug-likeness (QED) is 0.523. The molecule has 1 fully saturated rings. The summed E-state index contributed by atoms with van der Waals surface area (Å²) >= 11 is 1.43. The normalized spacial score (nSPS) is 16.2. The van der Waals surface area contributed by atoms with Gasteiger partial charge in [-0.05, 0) is 31.2 Å². The molecular formula is C13H16N2O4S. The molecule has 2 rings (SSSR count). The molecule has 0 bridgehead atoms. The Kier molecular flexibility index (Phi) is 4.61. The van der Waals surface area contributed by atoms with Crippen LogP contribution in [0.25, 0.3) is 0 Å². The van der Waals surface area contributed by atoms with Gasteiger partial charge in [0.25, 0.3) is 11.6 Å². The van der Waals surface area contributed by atoms with Gasteiger partial charge >= 0.3 is 0 Å². The number of nitrogens with zero attached hydrogens (tertiary/aromatic N) is 2. The predicted octanol–water partition coefficient (Wildman–Crippen LogP) is 1.91. The molecule has 1 N–H and O–H groups in total. The number of aliphatic hydroxyl groups is 1. The fourth-order valence-electron chi connectivity index (χ4n) is 2.21. The molecule has 108 valence electrons. The molecule has 1 saturated heterocycles. The maximum Gasteiger partial charge on any atom is 0.282 e. The lowest BCUT2D eigenvalue weighted by Gasteiger charge is -2.29. The van der Waals surface area contributed by atoms with Gasteiger partial charge in [0.15, 0.2) is 0 Å². The summed E-state index contributed by atoms with van der Waals surface area (Å²) < 4.78 is 0. The number of carbonyl (C=O) groups is 1. The third-order valence-corrected chi connectivity index (χ3v) is 4.11. The van der Waals surface area contributed by atoms with Crippen molar-refractivity contribution in [1.82, 2.24) is 4.90 Å². The standard InChI is InChI=1S/C13H16N2O4S/c1-20-10-2-3-12(15(18)19)11(8-10)13(17)14-6-4-9(16)5-7-14/h2-3,8-9,16H,4-7H2,1H3. The number of amides is 1. The summed E-state index contributed by atoms with van der Waals surface area (Å²) in [6.07, 6.45) is 2.50. The number of hydrogen-bond donors (Lipinski definition) is 1. The Labute approximate surface area is 120 Å². The van der Waals surface area contributed by atoms with E-state index in [-0.39, 0.29) is 23.3 Å². The van der Waals surface area contributed by atoms with Crippen LogP contribution in [0.4, 0.5) is 5.69 Å². The second-order valence-electron chi connectivity index (χ2n) is 4.66. The van der Waals surface area contributed by atoms with Crippen molar-refractivity contribution in [2.75, 3.05) is 19.3 Å². The number of likely N-dealkylation sites (tertiary alicyclic amines) is 1. The van der Waals surface area contributed by atoms with E-state index in [1.54, 1.807) is 17.0 Å². The highest BCUT2D eigenvalue weighted by molar-refractivity contribution is 7.98. The summed E-state index contributed by atoms with van der Waals surface area (Å²) in [5, 5.41) is 20.5. The summed E-state index contributed by atoms with van der Waals surface area (Å²) in [6, 6.07) is 4.58. The molecule has 1 amide bonds. The molecule has 0 aromatic heterocycles. The van der Waals surface area contributed by atoms with Gasteiger partial charge in [0.05, 0.1) is 11.0 Å². The first-order chi connectivity index (χ1) is 9.52. The maximum atomic E-state index is 12.4. The van der Waals surface area contributed by atoms with Crippen LogP contribution in [0.3, 0.4) is 0 Å². The number of carbonyl (C=O) groups excluding carboxylic acids is 1. The molecule has 0 atom stereocenters. The topological polar surface area (TPSA) is 83.7 Å². The van der Waals surface area contributed by atoms with E-state index in [0.29, 0.717) is 25.9 Å². The van der Waals surface area contributed by atoms with Gasteiger partial charge in [0.2, 0.25) is 0 Å². The smallest absolute Gasteiger partial charge is 0.282 e. The Morgan fingerprint density at radius 2 is 2.10 bits per heavy atom. The van der Waals surface area contributed by atoms with Crippen molar-refractivity contribution >= 4 is 23.4 Å². The highest BCUT2D eigenvalue weighted by atomic mass is 32.2. The second kappa shape index (κ2) is 6.23. The van der Waals surface area contributed by atoms with Crippen molar-refractivity contribution in [3.8, 4) is 0 Å². The molecule has 0 unspecified atom stereocenters. The van der Waals surface area contributed by atoms with E-state index in [2.05, 4.69) is 0 Å². The molecular weight excluding hydrogens is 280 g/mol. The molecule has 0 radical (unpaired) electrons. The number of aliphatic hydroxyl groups excluding tert-OH is 1. The lowest BCUT2D eigenvalue weighted by Crippen LogP contribution is -2.40. The largest absolute Gasteiger partial charge is 0.393 e. The molecule has 0 saturated carbocycles. The van der Waals surface area contributed by atoms with Crippen LogP contribution in [-0.2, 0) is 0 Å². The SMILES string of the molecule is CSc1ccc([N+](=O)[O-])c(C(=O)N2CCC(O)CC2)c1. The van der Waals surface area contributed by atoms with Gasteiger partial charge < -0.3 is 10.0 Å². The molecule has 7 heteroatoms. The summed E-state index contributed by atoms with van der Waals surface area (Å²) in [5.41, 5.74) is -0.0443. The van der Waals surface area contributed by atoms with Crippen molar-refractivity contribution in [3.05, 3.63) is 33.9 Å².